The summed E-state index contributed by atoms with van der Waals surface area (Å²) in [5.74, 6) is 0.0792. The van der Waals surface area contributed by atoms with Crippen LogP contribution in [0.5, 0.6) is 0 Å². The molecule has 0 aliphatic rings. The number of thiazole rings is 1. The van der Waals surface area contributed by atoms with E-state index in [-0.39, 0.29) is 5.78 Å². The lowest BCUT2D eigenvalue weighted by Crippen LogP contribution is -2.06. The maximum atomic E-state index is 11.9. The van der Waals surface area contributed by atoms with Gasteiger partial charge in [0.15, 0.2) is 5.78 Å². The van der Waals surface area contributed by atoms with Gasteiger partial charge in [0.25, 0.3) is 0 Å². The fraction of sp³-hybridized carbons (Fsp3) is 0.182. The van der Waals surface area contributed by atoms with Crippen LogP contribution in [-0.2, 0) is 6.42 Å². The van der Waals surface area contributed by atoms with Crippen LogP contribution in [0, 0.1) is 6.92 Å². The highest BCUT2D eigenvalue weighted by atomic mass is 32.1. The van der Waals surface area contributed by atoms with Gasteiger partial charge in [0, 0.05) is 29.0 Å². The van der Waals surface area contributed by atoms with Gasteiger partial charge in [0.05, 0.1) is 6.42 Å². The SMILES string of the molecule is Cc1ncccc1C(=O)Cc1nccs1. The van der Waals surface area contributed by atoms with Crippen LogP contribution in [-0.4, -0.2) is 15.8 Å². The Morgan fingerprint density at radius 2 is 2.27 bits per heavy atom. The van der Waals surface area contributed by atoms with Crippen molar-refractivity contribution >= 4 is 17.1 Å². The first-order valence-electron chi connectivity index (χ1n) is 4.60. The zero-order chi connectivity index (χ0) is 10.7. The summed E-state index contributed by atoms with van der Waals surface area (Å²) in [6, 6.07) is 3.58. The minimum atomic E-state index is 0.0792. The monoisotopic (exact) mass is 218 g/mol. The lowest BCUT2D eigenvalue weighted by molar-refractivity contribution is 0.0992. The number of rotatable bonds is 3. The van der Waals surface area contributed by atoms with E-state index in [9.17, 15) is 4.79 Å². The summed E-state index contributed by atoms with van der Waals surface area (Å²) in [4.78, 5) is 20.0. The molecule has 0 aliphatic carbocycles. The van der Waals surface area contributed by atoms with Gasteiger partial charge in [-0.15, -0.1) is 11.3 Å². The number of Topliss-reactive ketones (excluding diaryl/α,β-unsaturated/α-hetero) is 1. The van der Waals surface area contributed by atoms with Crippen molar-refractivity contribution in [1.29, 1.82) is 0 Å². The third kappa shape index (κ3) is 2.27. The Bertz CT molecular complexity index is 465. The van der Waals surface area contributed by atoms with Gasteiger partial charge >= 0.3 is 0 Å². The van der Waals surface area contributed by atoms with Gasteiger partial charge in [0.2, 0.25) is 0 Å². The van der Waals surface area contributed by atoms with Crippen LogP contribution in [0.25, 0.3) is 0 Å². The van der Waals surface area contributed by atoms with E-state index in [0.717, 1.165) is 10.7 Å². The van der Waals surface area contributed by atoms with Gasteiger partial charge in [0.1, 0.15) is 5.01 Å². The molecule has 0 saturated heterocycles. The summed E-state index contributed by atoms with van der Waals surface area (Å²) in [6.45, 7) is 1.84. The molecule has 0 atom stereocenters. The van der Waals surface area contributed by atoms with Crippen molar-refractivity contribution in [1.82, 2.24) is 9.97 Å². The lowest BCUT2D eigenvalue weighted by atomic mass is 10.1. The van der Waals surface area contributed by atoms with Gasteiger partial charge in [-0.2, -0.15) is 0 Å². The molecule has 0 fully saturated rings. The van der Waals surface area contributed by atoms with Crippen LogP contribution in [0.1, 0.15) is 21.1 Å². The molecule has 0 N–H and O–H groups in total. The zero-order valence-corrected chi connectivity index (χ0v) is 9.12. The maximum Gasteiger partial charge on any atom is 0.171 e. The van der Waals surface area contributed by atoms with Crippen LogP contribution in [0.4, 0.5) is 0 Å². The van der Waals surface area contributed by atoms with Gasteiger partial charge in [-0.1, -0.05) is 0 Å². The van der Waals surface area contributed by atoms with Crippen molar-refractivity contribution in [3.05, 3.63) is 46.2 Å². The lowest BCUT2D eigenvalue weighted by Gasteiger charge is -2.01. The highest BCUT2D eigenvalue weighted by Gasteiger charge is 2.11. The summed E-state index contributed by atoms with van der Waals surface area (Å²) in [7, 11) is 0. The highest BCUT2D eigenvalue weighted by molar-refractivity contribution is 7.09. The normalized spacial score (nSPS) is 10.2. The molecule has 0 spiro atoms. The standard InChI is InChI=1S/C11H10N2OS/c1-8-9(3-2-4-12-8)10(14)7-11-13-5-6-15-11/h2-6H,7H2,1H3. The second-order valence-electron chi connectivity index (χ2n) is 3.16. The van der Waals surface area contributed by atoms with Gasteiger partial charge in [-0.25, -0.2) is 4.98 Å². The Kier molecular flexibility index (Phi) is 2.87. The third-order valence-corrected chi connectivity index (χ3v) is 2.88. The van der Waals surface area contributed by atoms with Crippen LogP contribution < -0.4 is 0 Å². The summed E-state index contributed by atoms with van der Waals surface area (Å²) in [5, 5.41) is 2.72. The molecule has 3 nitrogen and oxygen atoms in total. The highest BCUT2D eigenvalue weighted by Crippen LogP contribution is 2.11. The van der Waals surface area contributed by atoms with Crippen LogP contribution in [0.2, 0.25) is 0 Å². The van der Waals surface area contributed by atoms with E-state index in [0.29, 0.717) is 12.0 Å². The Labute approximate surface area is 91.8 Å². The van der Waals surface area contributed by atoms with E-state index in [2.05, 4.69) is 9.97 Å². The van der Waals surface area contributed by atoms with Gasteiger partial charge in [-0.05, 0) is 19.1 Å². The number of aryl methyl sites for hydroxylation is 1. The molecule has 2 rings (SSSR count). The number of aromatic nitrogens is 2. The second-order valence-corrected chi connectivity index (χ2v) is 4.14. The van der Waals surface area contributed by atoms with Gasteiger partial charge < -0.3 is 0 Å². The first-order valence-corrected chi connectivity index (χ1v) is 5.48. The molecule has 15 heavy (non-hydrogen) atoms. The van der Waals surface area contributed by atoms with Crippen molar-refractivity contribution < 1.29 is 4.79 Å². The number of carbonyl (C=O) groups excluding carboxylic acids is 1. The smallest absolute Gasteiger partial charge is 0.171 e. The Balaban J connectivity index is 2.19. The number of carbonyl (C=O) groups is 1. The molecule has 2 aromatic rings. The molecule has 0 aliphatic heterocycles. The summed E-state index contributed by atoms with van der Waals surface area (Å²) in [6.07, 6.45) is 3.77. The largest absolute Gasteiger partial charge is 0.294 e. The fourth-order valence-corrected chi connectivity index (χ4v) is 1.97. The number of hydrogen-bond acceptors (Lipinski definition) is 4. The molecule has 0 saturated carbocycles. The van der Waals surface area contributed by atoms with Crippen LogP contribution >= 0.6 is 11.3 Å². The average Bonchev–Trinajstić information content (AvgIpc) is 2.71. The van der Waals surface area contributed by atoms with Crippen LogP contribution in [0.3, 0.4) is 0 Å². The van der Waals surface area contributed by atoms with E-state index >= 15 is 0 Å². The zero-order valence-electron chi connectivity index (χ0n) is 8.30. The molecule has 2 aromatic heterocycles. The minimum absolute atomic E-state index is 0.0792. The molecule has 0 aromatic carbocycles. The van der Waals surface area contributed by atoms with E-state index in [4.69, 9.17) is 0 Å². The number of hydrogen-bond donors (Lipinski definition) is 0. The molecule has 76 valence electrons. The van der Waals surface area contributed by atoms with Crippen LogP contribution in [0.15, 0.2) is 29.9 Å². The quantitative estimate of drug-likeness (QED) is 0.742. The second kappa shape index (κ2) is 4.31. The number of nitrogens with zero attached hydrogens (tertiary/aromatic N) is 2. The van der Waals surface area contributed by atoms with Crippen molar-refractivity contribution in [3.63, 3.8) is 0 Å². The molecular formula is C11H10N2OS. The molecule has 0 bridgehead atoms. The fourth-order valence-electron chi connectivity index (χ4n) is 1.35. The van der Waals surface area contributed by atoms with E-state index < -0.39 is 0 Å². The van der Waals surface area contributed by atoms with Crippen molar-refractivity contribution in [2.24, 2.45) is 0 Å². The number of ketones is 1. The average molecular weight is 218 g/mol. The molecule has 0 radical (unpaired) electrons. The maximum absolute atomic E-state index is 11.9. The molecule has 4 heteroatoms. The minimum Gasteiger partial charge on any atom is -0.294 e. The molecule has 2 heterocycles. The first kappa shape index (κ1) is 9.98. The molecular weight excluding hydrogens is 208 g/mol. The van der Waals surface area contributed by atoms with E-state index in [1.807, 2.05) is 12.3 Å². The number of pyridine rings is 1. The molecule has 0 amide bonds. The first-order chi connectivity index (χ1) is 7.27. The Morgan fingerprint density at radius 1 is 1.40 bits per heavy atom. The van der Waals surface area contributed by atoms with E-state index in [1.54, 1.807) is 24.5 Å². The predicted octanol–water partition coefficient (Wildman–Crippen LogP) is 2.27. The summed E-state index contributed by atoms with van der Waals surface area (Å²) < 4.78 is 0. The predicted molar refractivity (Wildman–Crippen MR) is 59.1 cm³/mol. The topological polar surface area (TPSA) is 42.9 Å². The molecule has 0 unspecified atom stereocenters. The van der Waals surface area contributed by atoms with Gasteiger partial charge in [-0.3, -0.25) is 9.78 Å². The van der Waals surface area contributed by atoms with E-state index in [1.165, 1.54) is 11.3 Å². The third-order valence-electron chi connectivity index (χ3n) is 2.10. The van der Waals surface area contributed by atoms with Crippen molar-refractivity contribution in [2.45, 2.75) is 13.3 Å². The summed E-state index contributed by atoms with van der Waals surface area (Å²) in [5.41, 5.74) is 1.46. The Hall–Kier alpha value is -1.55. The van der Waals surface area contributed by atoms with Crippen molar-refractivity contribution in [2.75, 3.05) is 0 Å². The van der Waals surface area contributed by atoms with Crippen molar-refractivity contribution in [3.8, 4) is 0 Å². The Morgan fingerprint density at radius 3 is 2.93 bits per heavy atom. The summed E-state index contributed by atoms with van der Waals surface area (Å²) >= 11 is 1.50.